The number of aromatic nitrogens is 2. The lowest BCUT2D eigenvalue weighted by Crippen LogP contribution is -2.13. The monoisotopic (exact) mass is 307 g/mol. The summed E-state index contributed by atoms with van der Waals surface area (Å²) >= 11 is 0. The number of anilines is 1. The second-order valence-electron chi connectivity index (χ2n) is 5.48. The normalized spacial score (nSPS) is 10.6. The van der Waals surface area contributed by atoms with Crippen molar-refractivity contribution in [3.8, 4) is 11.5 Å². The molecule has 0 fully saturated rings. The SMILES string of the molecule is Cc1ccc(-c2nnc(C(=O)Nc3cccc(C)c3C)o2)cc1. The average Bonchev–Trinajstić information content (AvgIpc) is 3.02. The molecule has 0 saturated carbocycles. The van der Waals surface area contributed by atoms with Crippen LogP contribution in [0.15, 0.2) is 46.9 Å². The maximum Gasteiger partial charge on any atom is 0.313 e. The van der Waals surface area contributed by atoms with Gasteiger partial charge < -0.3 is 9.73 Å². The molecule has 0 aliphatic rings. The van der Waals surface area contributed by atoms with E-state index < -0.39 is 5.91 Å². The number of benzene rings is 2. The van der Waals surface area contributed by atoms with Crippen LogP contribution >= 0.6 is 0 Å². The molecule has 116 valence electrons. The molecule has 0 aliphatic heterocycles. The van der Waals surface area contributed by atoms with Gasteiger partial charge in [-0.25, -0.2) is 0 Å². The van der Waals surface area contributed by atoms with E-state index in [-0.39, 0.29) is 5.89 Å². The van der Waals surface area contributed by atoms with Gasteiger partial charge in [-0.1, -0.05) is 29.8 Å². The van der Waals surface area contributed by atoms with Gasteiger partial charge in [0.25, 0.3) is 0 Å². The number of hydrogen-bond acceptors (Lipinski definition) is 4. The minimum atomic E-state index is -0.412. The maximum absolute atomic E-state index is 12.3. The summed E-state index contributed by atoms with van der Waals surface area (Å²) in [7, 11) is 0. The lowest BCUT2D eigenvalue weighted by molar-refractivity contribution is 0.0990. The molecule has 5 heteroatoms. The summed E-state index contributed by atoms with van der Waals surface area (Å²) < 4.78 is 5.48. The molecule has 1 N–H and O–H groups in total. The third kappa shape index (κ3) is 3.13. The molecule has 0 unspecified atom stereocenters. The Balaban J connectivity index is 1.81. The van der Waals surface area contributed by atoms with Gasteiger partial charge in [-0.05, 0) is 50.1 Å². The predicted octanol–water partition coefficient (Wildman–Crippen LogP) is 3.91. The van der Waals surface area contributed by atoms with Crippen molar-refractivity contribution in [3.63, 3.8) is 0 Å². The zero-order valence-corrected chi connectivity index (χ0v) is 13.3. The highest BCUT2D eigenvalue weighted by molar-refractivity contribution is 6.01. The van der Waals surface area contributed by atoms with Crippen molar-refractivity contribution in [2.24, 2.45) is 0 Å². The van der Waals surface area contributed by atoms with E-state index in [9.17, 15) is 4.79 Å². The molecule has 0 spiro atoms. The third-order valence-corrected chi connectivity index (χ3v) is 3.77. The van der Waals surface area contributed by atoms with Crippen LogP contribution in [0.1, 0.15) is 27.4 Å². The maximum atomic E-state index is 12.3. The van der Waals surface area contributed by atoms with Crippen molar-refractivity contribution in [3.05, 3.63) is 65.0 Å². The van der Waals surface area contributed by atoms with Crippen LogP contribution in [0, 0.1) is 20.8 Å². The Morgan fingerprint density at radius 2 is 1.74 bits per heavy atom. The van der Waals surface area contributed by atoms with E-state index in [1.54, 1.807) is 0 Å². The molecule has 0 saturated heterocycles. The molecule has 1 amide bonds. The fourth-order valence-corrected chi connectivity index (χ4v) is 2.19. The van der Waals surface area contributed by atoms with Gasteiger partial charge in [-0.15, -0.1) is 10.2 Å². The van der Waals surface area contributed by atoms with E-state index in [1.807, 2.05) is 63.2 Å². The molecule has 1 aromatic heterocycles. The fraction of sp³-hybridized carbons (Fsp3) is 0.167. The van der Waals surface area contributed by atoms with Crippen LogP contribution in [0.2, 0.25) is 0 Å². The van der Waals surface area contributed by atoms with Crippen molar-refractivity contribution >= 4 is 11.6 Å². The minimum Gasteiger partial charge on any atom is -0.412 e. The zero-order valence-electron chi connectivity index (χ0n) is 13.3. The Morgan fingerprint density at radius 1 is 1.00 bits per heavy atom. The molecule has 2 aromatic carbocycles. The number of carbonyl (C=O) groups excluding carboxylic acids is 1. The van der Waals surface area contributed by atoms with E-state index in [2.05, 4.69) is 15.5 Å². The minimum absolute atomic E-state index is 0.0542. The number of nitrogens with one attached hydrogen (secondary N) is 1. The summed E-state index contributed by atoms with van der Waals surface area (Å²) in [5.74, 6) is -0.137. The van der Waals surface area contributed by atoms with E-state index in [4.69, 9.17) is 4.42 Å². The van der Waals surface area contributed by atoms with Gasteiger partial charge in [0.15, 0.2) is 0 Å². The zero-order chi connectivity index (χ0) is 16.4. The second-order valence-corrected chi connectivity index (χ2v) is 5.48. The Kier molecular flexibility index (Phi) is 3.93. The third-order valence-electron chi connectivity index (χ3n) is 3.77. The lowest BCUT2D eigenvalue weighted by atomic mass is 10.1. The van der Waals surface area contributed by atoms with Gasteiger partial charge in [-0.3, -0.25) is 4.79 Å². The first-order valence-electron chi connectivity index (χ1n) is 7.32. The fourth-order valence-electron chi connectivity index (χ4n) is 2.19. The van der Waals surface area contributed by atoms with Crippen LogP contribution < -0.4 is 5.32 Å². The Labute approximate surface area is 134 Å². The molecule has 5 nitrogen and oxygen atoms in total. The summed E-state index contributed by atoms with van der Waals surface area (Å²) in [6.45, 7) is 5.95. The molecular formula is C18H17N3O2. The number of amides is 1. The first-order chi connectivity index (χ1) is 11.0. The highest BCUT2D eigenvalue weighted by Crippen LogP contribution is 2.21. The largest absolute Gasteiger partial charge is 0.412 e. The van der Waals surface area contributed by atoms with E-state index >= 15 is 0 Å². The molecule has 3 rings (SSSR count). The summed E-state index contributed by atoms with van der Waals surface area (Å²) in [6.07, 6.45) is 0. The number of hydrogen-bond donors (Lipinski definition) is 1. The average molecular weight is 307 g/mol. The van der Waals surface area contributed by atoms with Crippen LogP contribution in [-0.2, 0) is 0 Å². The van der Waals surface area contributed by atoms with Crippen LogP contribution in [0.3, 0.4) is 0 Å². The van der Waals surface area contributed by atoms with E-state index in [0.29, 0.717) is 5.89 Å². The van der Waals surface area contributed by atoms with Crippen LogP contribution in [0.4, 0.5) is 5.69 Å². The van der Waals surface area contributed by atoms with Crippen molar-refractivity contribution in [1.29, 1.82) is 0 Å². The number of nitrogens with zero attached hydrogens (tertiary/aromatic N) is 2. The van der Waals surface area contributed by atoms with Crippen LogP contribution in [0.25, 0.3) is 11.5 Å². The highest BCUT2D eigenvalue weighted by atomic mass is 16.4. The quantitative estimate of drug-likeness (QED) is 0.796. The van der Waals surface area contributed by atoms with Crippen molar-refractivity contribution in [2.45, 2.75) is 20.8 Å². The van der Waals surface area contributed by atoms with E-state index in [0.717, 1.165) is 27.9 Å². The van der Waals surface area contributed by atoms with Gasteiger partial charge in [0.1, 0.15) is 0 Å². The van der Waals surface area contributed by atoms with Gasteiger partial charge in [0.2, 0.25) is 5.89 Å². The number of aryl methyl sites for hydroxylation is 2. The Morgan fingerprint density at radius 3 is 2.48 bits per heavy atom. The summed E-state index contributed by atoms with van der Waals surface area (Å²) in [6, 6.07) is 13.4. The van der Waals surface area contributed by atoms with Gasteiger partial charge in [0.05, 0.1) is 0 Å². The van der Waals surface area contributed by atoms with Gasteiger partial charge in [0, 0.05) is 11.3 Å². The van der Waals surface area contributed by atoms with E-state index in [1.165, 1.54) is 0 Å². The van der Waals surface area contributed by atoms with Crippen LogP contribution in [0.5, 0.6) is 0 Å². The first-order valence-corrected chi connectivity index (χ1v) is 7.32. The molecule has 1 heterocycles. The highest BCUT2D eigenvalue weighted by Gasteiger charge is 2.17. The molecule has 0 bridgehead atoms. The molecule has 3 aromatic rings. The molecule has 0 aliphatic carbocycles. The first kappa shape index (κ1) is 15.0. The number of rotatable bonds is 3. The lowest BCUT2D eigenvalue weighted by Gasteiger charge is -2.08. The second kappa shape index (κ2) is 6.04. The molecule has 0 radical (unpaired) electrons. The standard InChI is InChI=1S/C18H17N3O2/c1-11-7-9-14(10-8-11)17-20-21-18(23-17)16(22)19-15-6-4-5-12(2)13(15)3/h4-10H,1-3H3,(H,19,22). The van der Waals surface area contributed by atoms with Gasteiger partial charge >= 0.3 is 11.8 Å². The molecular weight excluding hydrogens is 290 g/mol. The topological polar surface area (TPSA) is 68.0 Å². The van der Waals surface area contributed by atoms with Gasteiger partial charge in [-0.2, -0.15) is 0 Å². The summed E-state index contributed by atoms with van der Waals surface area (Å²) in [4.78, 5) is 12.3. The smallest absolute Gasteiger partial charge is 0.313 e. The Bertz CT molecular complexity index is 851. The van der Waals surface area contributed by atoms with Crippen molar-refractivity contribution < 1.29 is 9.21 Å². The summed E-state index contributed by atoms with van der Waals surface area (Å²) in [5, 5.41) is 10.6. The Hall–Kier alpha value is -2.95. The predicted molar refractivity (Wildman–Crippen MR) is 88.3 cm³/mol. The summed E-state index contributed by atoms with van der Waals surface area (Å²) in [5.41, 5.74) is 4.79. The van der Waals surface area contributed by atoms with Crippen molar-refractivity contribution in [1.82, 2.24) is 10.2 Å². The molecule has 23 heavy (non-hydrogen) atoms. The molecule has 0 atom stereocenters. The van der Waals surface area contributed by atoms with Crippen LogP contribution in [-0.4, -0.2) is 16.1 Å². The number of carbonyl (C=O) groups is 1. The van der Waals surface area contributed by atoms with Crippen molar-refractivity contribution in [2.75, 3.05) is 5.32 Å².